The number of ether oxygens (including phenoxy) is 1. The predicted molar refractivity (Wildman–Crippen MR) is 92.5 cm³/mol. The highest BCUT2D eigenvalue weighted by molar-refractivity contribution is 5.89. The number of hydrogen-bond donors (Lipinski definition) is 2. The van der Waals surface area contributed by atoms with E-state index in [2.05, 4.69) is 39.8 Å². The normalized spacial score (nSPS) is 12.8. The summed E-state index contributed by atoms with van der Waals surface area (Å²) in [5, 5.41) is 5.54. The molecule has 2 amide bonds. The van der Waals surface area contributed by atoms with E-state index in [1.54, 1.807) is 7.11 Å². The zero-order chi connectivity index (χ0) is 16.1. The summed E-state index contributed by atoms with van der Waals surface area (Å²) in [6.07, 6.45) is 1.07. The summed E-state index contributed by atoms with van der Waals surface area (Å²) in [7, 11) is 1.61. The van der Waals surface area contributed by atoms with Crippen LogP contribution in [0.4, 0.5) is 21.9 Å². The van der Waals surface area contributed by atoms with Gasteiger partial charge in [-0.1, -0.05) is 18.2 Å². The van der Waals surface area contributed by atoms with Gasteiger partial charge in [0.25, 0.3) is 0 Å². The van der Waals surface area contributed by atoms with Crippen LogP contribution in [0, 0.1) is 0 Å². The fourth-order valence-electron chi connectivity index (χ4n) is 2.77. The van der Waals surface area contributed by atoms with Gasteiger partial charge in [0.15, 0.2) is 0 Å². The van der Waals surface area contributed by atoms with Crippen LogP contribution in [-0.4, -0.2) is 32.8 Å². The zero-order valence-electron chi connectivity index (χ0n) is 13.2. The van der Waals surface area contributed by atoms with Crippen LogP contribution in [0.2, 0.25) is 0 Å². The molecule has 2 aromatic carbocycles. The Morgan fingerprint density at radius 3 is 2.74 bits per heavy atom. The molecule has 23 heavy (non-hydrogen) atoms. The van der Waals surface area contributed by atoms with Crippen LogP contribution in [0.3, 0.4) is 0 Å². The first-order valence-corrected chi connectivity index (χ1v) is 7.77. The molecule has 0 fully saturated rings. The minimum atomic E-state index is -0.221. The third-order valence-corrected chi connectivity index (χ3v) is 3.92. The summed E-state index contributed by atoms with van der Waals surface area (Å²) >= 11 is 0. The molecular weight excluding hydrogens is 290 g/mol. The third kappa shape index (κ3) is 3.63. The Bertz CT molecular complexity index is 670. The van der Waals surface area contributed by atoms with Crippen molar-refractivity contribution in [2.45, 2.75) is 6.42 Å². The van der Waals surface area contributed by atoms with Crippen molar-refractivity contribution in [2.24, 2.45) is 0 Å². The molecule has 0 spiro atoms. The molecule has 1 aliphatic rings. The average molecular weight is 311 g/mol. The SMILES string of the molecule is COCCNC(=O)Nc1ccc(N2CCc3ccccc32)cc1. The molecule has 3 rings (SSSR count). The van der Waals surface area contributed by atoms with Crippen LogP contribution >= 0.6 is 0 Å². The van der Waals surface area contributed by atoms with E-state index >= 15 is 0 Å². The fraction of sp³-hybridized carbons (Fsp3) is 0.278. The van der Waals surface area contributed by atoms with Crippen LogP contribution in [0.25, 0.3) is 0 Å². The van der Waals surface area contributed by atoms with Gasteiger partial charge in [0.05, 0.1) is 6.61 Å². The lowest BCUT2D eigenvalue weighted by atomic mass is 10.2. The maximum Gasteiger partial charge on any atom is 0.319 e. The van der Waals surface area contributed by atoms with Crippen molar-refractivity contribution in [3.8, 4) is 0 Å². The molecule has 1 heterocycles. The van der Waals surface area contributed by atoms with Crippen molar-refractivity contribution in [1.82, 2.24) is 5.32 Å². The highest BCUT2D eigenvalue weighted by atomic mass is 16.5. The smallest absolute Gasteiger partial charge is 0.319 e. The average Bonchev–Trinajstić information content (AvgIpc) is 3.00. The van der Waals surface area contributed by atoms with Gasteiger partial charge in [-0.15, -0.1) is 0 Å². The van der Waals surface area contributed by atoms with Crippen molar-refractivity contribution in [3.05, 3.63) is 54.1 Å². The summed E-state index contributed by atoms with van der Waals surface area (Å²) in [6.45, 7) is 1.98. The number of urea groups is 1. The Labute approximate surface area is 136 Å². The second-order valence-electron chi connectivity index (χ2n) is 5.45. The number of amides is 2. The number of nitrogens with one attached hydrogen (secondary N) is 2. The van der Waals surface area contributed by atoms with Crippen LogP contribution in [0.5, 0.6) is 0 Å². The fourth-order valence-corrected chi connectivity index (χ4v) is 2.77. The molecule has 0 aliphatic carbocycles. The lowest BCUT2D eigenvalue weighted by Gasteiger charge is -2.20. The minimum absolute atomic E-state index is 0.221. The minimum Gasteiger partial charge on any atom is -0.383 e. The molecule has 0 bridgehead atoms. The monoisotopic (exact) mass is 311 g/mol. The van der Waals surface area contributed by atoms with Gasteiger partial charge in [0, 0.05) is 37.3 Å². The van der Waals surface area contributed by atoms with E-state index in [9.17, 15) is 4.79 Å². The first kappa shape index (κ1) is 15.4. The molecule has 0 atom stereocenters. The Morgan fingerprint density at radius 2 is 1.96 bits per heavy atom. The van der Waals surface area contributed by atoms with Gasteiger partial charge in [0.1, 0.15) is 0 Å². The lowest BCUT2D eigenvalue weighted by molar-refractivity contribution is 0.198. The number of anilines is 3. The molecular formula is C18H21N3O2. The largest absolute Gasteiger partial charge is 0.383 e. The molecule has 5 nitrogen and oxygen atoms in total. The molecule has 0 unspecified atom stereocenters. The van der Waals surface area contributed by atoms with E-state index in [-0.39, 0.29) is 6.03 Å². The van der Waals surface area contributed by atoms with Crippen LogP contribution in [-0.2, 0) is 11.2 Å². The number of rotatable bonds is 5. The van der Waals surface area contributed by atoms with Crippen molar-refractivity contribution in [2.75, 3.05) is 37.0 Å². The van der Waals surface area contributed by atoms with Gasteiger partial charge < -0.3 is 20.3 Å². The van der Waals surface area contributed by atoms with E-state index in [4.69, 9.17) is 4.74 Å². The maximum atomic E-state index is 11.7. The first-order chi connectivity index (χ1) is 11.3. The molecule has 1 aliphatic heterocycles. The van der Waals surface area contributed by atoms with E-state index in [1.165, 1.54) is 11.3 Å². The predicted octanol–water partition coefficient (Wildman–Crippen LogP) is 3.15. The molecule has 2 aromatic rings. The highest BCUT2D eigenvalue weighted by Crippen LogP contribution is 2.34. The van der Waals surface area contributed by atoms with Gasteiger partial charge in [-0.05, 0) is 42.3 Å². The van der Waals surface area contributed by atoms with Crippen LogP contribution in [0.15, 0.2) is 48.5 Å². The second kappa shape index (κ2) is 7.15. The van der Waals surface area contributed by atoms with Gasteiger partial charge in [-0.25, -0.2) is 4.79 Å². The Hall–Kier alpha value is -2.53. The quantitative estimate of drug-likeness (QED) is 0.834. The third-order valence-electron chi connectivity index (χ3n) is 3.92. The number of fused-ring (bicyclic) bond motifs is 1. The molecule has 0 aromatic heterocycles. The summed E-state index contributed by atoms with van der Waals surface area (Å²) in [5.41, 5.74) is 4.56. The van der Waals surface area contributed by atoms with Gasteiger partial charge >= 0.3 is 6.03 Å². The summed E-state index contributed by atoms with van der Waals surface area (Å²) < 4.78 is 4.90. The second-order valence-corrected chi connectivity index (χ2v) is 5.45. The van der Waals surface area contributed by atoms with Crippen molar-refractivity contribution < 1.29 is 9.53 Å². The lowest BCUT2D eigenvalue weighted by Crippen LogP contribution is -2.31. The number of para-hydroxylation sites is 1. The van der Waals surface area contributed by atoms with E-state index in [0.29, 0.717) is 13.2 Å². The first-order valence-electron chi connectivity index (χ1n) is 7.77. The van der Waals surface area contributed by atoms with E-state index in [1.807, 2.05) is 24.3 Å². The zero-order valence-corrected chi connectivity index (χ0v) is 13.2. The van der Waals surface area contributed by atoms with Crippen molar-refractivity contribution in [3.63, 3.8) is 0 Å². The number of nitrogens with zero attached hydrogens (tertiary/aromatic N) is 1. The summed E-state index contributed by atoms with van der Waals surface area (Å²) in [5.74, 6) is 0. The molecule has 0 saturated heterocycles. The highest BCUT2D eigenvalue weighted by Gasteiger charge is 2.19. The van der Waals surface area contributed by atoms with Crippen molar-refractivity contribution in [1.29, 1.82) is 0 Å². The number of carbonyl (C=O) groups excluding carboxylic acids is 1. The number of carbonyl (C=O) groups is 1. The maximum absolute atomic E-state index is 11.7. The van der Waals surface area contributed by atoms with Gasteiger partial charge in [-0.2, -0.15) is 0 Å². The number of benzene rings is 2. The topological polar surface area (TPSA) is 53.6 Å². The molecule has 0 radical (unpaired) electrons. The van der Waals surface area contributed by atoms with E-state index in [0.717, 1.165) is 24.3 Å². The summed E-state index contributed by atoms with van der Waals surface area (Å²) in [4.78, 5) is 14.0. The van der Waals surface area contributed by atoms with E-state index < -0.39 is 0 Å². The molecule has 120 valence electrons. The van der Waals surface area contributed by atoms with Crippen LogP contribution in [0.1, 0.15) is 5.56 Å². The van der Waals surface area contributed by atoms with Gasteiger partial charge in [-0.3, -0.25) is 0 Å². The molecule has 0 saturated carbocycles. The standard InChI is InChI=1S/C18H21N3O2/c1-23-13-11-19-18(22)20-15-6-8-16(9-7-15)21-12-10-14-4-2-3-5-17(14)21/h2-9H,10-13H2,1H3,(H2,19,20,22). The van der Waals surface area contributed by atoms with Crippen molar-refractivity contribution >= 4 is 23.1 Å². The van der Waals surface area contributed by atoms with Crippen LogP contribution < -0.4 is 15.5 Å². The molecule has 2 N–H and O–H groups in total. The Kier molecular flexibility index (Phi) is 4.78. The number of hydrogen-bond acceptors (Lipinski definition) is 3. The Morgan fingerprint density at radius 1 is 1.17 bits per heavy atom. The van der Waals surface area contributed by atoms with Gasteiger partial charge in [0.2, 0.25) is 0 Å². The molecule has 5 heteroatoms. The summed E-state index contributed by atoms with van der Waals surface area (Å²) in [6, 6.07) is 16.2. The number of methoxy groups -OCH3 is 1. The Balaban J connectivity index is 1.63.